The van der Waals surface area contributed by atoms with Crippen molar-refractivity contribution < 1.29 is 27.9 Å². The number of nitrogens with zero attached hydrogens (tertiary/aromatic N) is 3. The fourth-order valence-corrected chi connectivity index (χ4v) is 4.41. The molecule has 166 valence electrons. The van der Waals surface area contributed by atoms with E-state index in [0.717, 1.165) is 22.7 Å². The van der Waals surface area contributed by atoms with E-state index in [0.29, 0.717) is 16.5 Å². The fraction of sp³-hybridized carbons (Fsp3) is 0.190. The number of hydrogen-bond acceptors (Lipinski definition) is 5. The van der Waals surface area contributed by atoms with Crippen molar-refractivity contribution in [1.82, 2.24) is 14.7 Å². The van der Waals surface area contributed by atoms with Gasteiger partial charge >= 0.3 is 6.18 Å². The molecule has 4 rings (SSSR count). The Morgan fingerprint density at radius 1 is 1.16 bits per heavy atom. The molecule has 1 N–H and O–H groups in total. The Balaban J connectivity index is 1.63. The van der Waals surface area contributed by atoms with Crippen molar-refractivity contribution >= 4 is 51.5 Å². The van der Waals surface area contributed by atoms with Crippen molar-refractivity contribution in [3.05, 3.63) is 69.2 Å². The first-order valence-corrected chi connectivity index (χ1v) is 10.5. The van der Waals surface area contributed by atoms with Crippen LogP contribution in [0.5, 0.6) is 0 Å². The quantitative estimate of drug-likeness (QED) is 0.530. The van der Waals surface area contributed by atoms with Crippen molar-refractivity contribution in [2.45, 2.75) is 12.7 Å². The Bertz CT molecular complexity index is 1260. The molecule has 0 unspecified atom stereocenters. The molecule has 3 aromatic rings. The summed E-state index contributed by atoms with van der Waals surface area (Å²) in [6, 6.07) is 8.73. The highest BCUT2D eigenvalue weighted by Crippen LogP contribution is 2.35. The molecule has 0 saturated carbocycles. The van der Waals surface area contributed by atoms with Crippen LogP contribution < -0.4 is 0 Å². The second kappa shape index (κ2) is 8.61. The predicted octanol–water partition coefficient (Wildman–Crippen LogP) is 4.79. The molecule has 2 amide bonds. The Kier molecular flexibility index (Phi) is 6.02. The van der Waals surface area contributed by atoms with Gasteiger partial charge in [0.15, 0.2) is 0 Å². The minimum atomic E-state index is -4.55. The number of rotatable bonds is 5. The highest BCUT2D eigenvalue weighted by Gasteiger charge is 2.35. The second-order valence-corrected chi connectivity index (χ2v) is 8.41. The average molecular weight is 482 g/mol. The summed E-state index contributed by atoms with van der Waals surface area (Å²) in [5, 5.41) is 13.4. The molecule has 2 aromatic carbocycles. The molecule has 1 saturated heterocycles. The van der Waals surface area contributed by atoms with Gasteiger partial charge in [-0.2, -0.15) is 18.3 Å². The molecule has 6 nitrogen and oxygen atoms in total. The van der Waals surface area contributed by atoms with Gasteiger partial charge in [-0.15, -0.1) is 0 Å². The molecule has 0 bridgehead atoms. The lowest BCUT2D eigenvalue weighted by Crippen LogP contribution is -2.30. The van der Waals surface area contributed by atoms with Gasteiger partial charge in [-0.1, -0.05) is 23.7 Å². The SMILES string of the molecule is O=C1SC(=Cc2ccc3c(cnn3Cc3ccc(Cl)cc3C(F)(F)F)c2)C(=O)N1CCO. The van der Waals surface area contributed by atoms with Crippen molar-refractivity contribution in [3.8, 4) is 0 Å². The molecule has 2 heterocycles. The van der Waals surface area contributed by atoms with E-state index in [1.807, 2.05) is 0 Å². The molecule has 0 radical (unpaired) electrons. The molecule has 1 fully saturated rings. The highest BCUT2D eigenvalue weighted by molar-refractivity contribution is 8.18. The number of aliphatic hydroxyl groups is 1. The third-order valence-corrected chi connectivity index (χ3v) is 6.00. The number of hydrogen-bond donors (Lipinski definition) is 1. The third kappa shape index (κ3) is 4.38. The van der Waals surface area contributed by atoms with Crippen LogP contribution in [0.2, 0.25) is 5.02 Å². The average Bonchev–Trinajstić information content (AvgIpc) is 3.24. The van der Waals surface area contributed by atoms with E-state index in [9.17, 15) is 22.8 Å². The number of benzene rings is 2. The van der Waals surface area contributed by atoms with E-state index >= 15 is 0 Å². The van der Waals surface area contributed by atoms with Crippen LogP contribution >= 0.6 is 23.4 Å². The maximum absolute atomic E-state index is 13.4. The lowest BCUT2D eigenvalue weighted by molar-refractivity contribution is -0.138. The molecule has 0 aliphatic carbocycles. The zero-order valence-electron chi connectivity index (χ0n) is 16.3. The van der Waals surface area contributed by atoms with Gasteiger partial charge in [0.25, 0.3) is 11.1 Å². The molecule has 1 aliphatic heterocycles. The van der Waals surface area contributed by atoms with Crippen LogP contribution in [0.4, 0.5) is 18.0 Å². The lowest BCUT2D eigenvalue weighted by Gasteiger charge is -2.14. The van der Waals surface area contributed by atoms with Crippen molar-refractivity contribution in [2.24, 2.45) is 0 Å². The predicted molar refractivity (Wildman–Crippen MR) is 115 cm³/mol. The molecular weight excluding hydrogens is 467 g/mol. The van der Waals surface area contributed by atoms with Gasteiger partial charge in [0.1, 0.15) is 0 Å². The first kappa shape index (κ1) is 22.4. The van der Waals surface area contributed by atoms with Crippen molar-refractivity contribution in [2.75, 3.05) is 13.2 Å². The first-order valence-electron chi connectivity index (χ1n) is 9.35. The number of halogens is 4. The van der Waals surface area contributed by atoms with Gasteiger partial charge in [0.05, 0.1) is 41.9 Å². The second-order valence-electron chi connectivity index (χ2n) is 6.98. The summed E-state index contributed by atoms with van der Waals surface area (Å²) in [6.07, 6.45) is -1.47. The monoisotopic (exact) mass is 481 g/mol. The van der Waals surface area contributed by atoms with E-state index < -0.39 is 22.9 Å². The van der Waals surface area contributed by atoms with Gasteiger partial charge in [0.2, 0.25) is 0 Å². The zero-order chi connectivity index (χ0) is 23.0. The molecule has 32 heavy (non-hydrogen) atoms. The summed E-state index contributed by atoms with van der Waals surface area (Å²) < 4.78 is 41.6. The smallest absolute Gasteiger partial charge is 0.395 e. The van der Waals surface area contributed by atoms with E-state index in [1.165, 1.54) is 23.0 Å². The van der Waals surface area contributed by atoms with Gasteiger partial charge < -0.3 is 5.11 Å². The van der Waals surface area contributed by atoms with Crippen LogP contribution in [-0.4, -0.2) is 44.1 Å². The number of β-amino-alcohol motifs (C(OH)–C–C–N with tert-alkyl or cyclic N) is 1. The van der Waals surface area contributed by atoms with E-state index in [2.05, 4.69) is 5.10 Å². The van der Waals surface area contributed by atoms with Gasteiger partial charge in [0, 0.05) is 10.4 Å². The number of fused-ring (bicyclic) bond motifs is 1. The van der Waals surface area contributed by atoms with E-state index in [-0.39, 0.29) is 35.2 Å². The van der Waals surface area contributed by atoms with E-state index in [4.69, 9.17) is 16.7 Å². The summed E-state index contributed by atoms with van der Waals surface area (Å²) in [5.74, 6) is -0.479. The number of aliphatic hydroxyl groups excluding tert-OH is 1. The molecule has 11 heteroatoms. The highest BCUT2D eigenvalue weighted by atomic mass is 35.5. The van der Waals surface area contributed by atoms with Crippen LogP contribution in [0, 0.1) is 0 Å². The first-order chi connectivity index (χ1) is 15.2. The van der Waals surface area contributed by atoms with Gasteiger partial charge in [-0.25, -0.2) is 0 Å². The number of amides is 2. The van der Waals surface area contributed by atoms with Crippen molar-refractivity contribution in [3.63, 3.8) is 0 Å². The number of carbonyl (C=O) groups is 2. The van der Waals surface area contributed by atoms with Crippen LogP contribution in [0.3, 0.4) is 0 Å². The number of carbonyl (C=O) groups excluding carboxylic acids is 2. The largest absolute Gasteiger partial charge is 0.416 e. The standard InChI is InChI=1S/C21H15ClF3N3O3S/c22-15-3-2-13(16(9-15)21(23,24)25)11-28-17-4-1-12(7-14(17)10-26-28)8-18-19(30)27(5-6-29)20(31)32-18/h1-4,7-10,29H,5-6,11H2. The van der Waals surface area contributed by atoms with Crippen LogP contribution in [0.15, 0.2) is 47.5 Å². The Morgan fingerprint density at radius 3 is 2.66 bits per heavy atom. The maximum atomic E-state index is 13.4. The third-order valence-electron chi connectivity index (χ3n) is 4.86. The Hall–Kier alpha value is -2.82. The Morgan fingerprint density at radius 2 is 1.94 bits per heavy atom. The molecule has 0 spiro atoms. The van der Waals surface area contributed by atoms with Gasteiger partial charge in [-0.3, -0.25) is 19.2 Å². The van der Waals surface area contributed by atoms with E-state index in [1.54, 1.807) is 24.3 Å². The molecule has 0 atom stereocenters. The topological polar surface area (TPSA) is 75.4 Å². The maximum Gasteiger partial charge on any atom is 0.416 e. The number of alkyl halides is 3. The summed E-state index contributed by atoms with van der Waals surface area (Å²) in [4.78, 5) is 25.4. The molecule has 1 aliphatic rings. The molecule has 1 aromatic heterocycles. The number of imide groups is 1. The minimum absolute atomic E-state index is 0.000516. The number of thioether (sulfide) groups is 1. The van der Waals surface area contributed by atoms with Crippen LogP contribution in [0.1, 0.15) is 16.7 Å². The zero-order valence-corrected chi connectivity index (χ0v) is 17.8. The van der Waals surface area contributed by atoms with Gasteiger partial charge in [-0.05, 0) is 53.2 Å². The minimum Gasteiger partial charge on any atom is -0.395 e. The summed E-state index contributed by atoms with van der Waals surface area (Å²) in [6.45, 7) is -0.493. The summed E-state index contributed by atoms with van der Waals surface area (Å²) in [5.41, 5.74) is 0.463. The Labute approximate surface area is 189 Å². The number of aromatic nitrogens is 2. The lowest BCUT2D eigenvalue weighted by atomic mass is 10.1. The fourth-order valence-electron chi connectivity index (χ4n) is 3.38. The van der Waals surface area contributed by atoms with Crippen LogP contribution in [-0.2, 0) is 17.5 Å². The van der Waals surface area contributed by atoms with Crippen LogP contribution in [0.25, 0.3) is 17.0 Å². The summed E-state index contributed by atoms with van der Waals surface area (Å²) in [7, 11) is 0. The van der Waals surface area contributed by atoms with Crippen molar-refractivity contribution in [1.29, 1.82) is 0 Å². The summed E-state index contributed by atoms with van der Waals surface area (Å²) >= 11 is 6.53. The normalized spacial score (nSPS) is 16.0. The molecular formula is C21H15ClF3N3O3S.